The number of halogens is 2. The first-order valence-electron chi connectivity index (χ1n) is 6.47. The van der Waals surface area contributed by atoms with Crippen LogP contribution in [0, 0.1) is 0 Å². The summed E-state index contributed by atoms with van der Waals surface area (Å²) in [6.45, 7) is 3.88. The quantitative estimate of drug-likeness (QED) is 0.757. The molecule has 106 valence electrons. The van der Waals surface area contributed by atoms with Gasteiger partial charge in [-0.25, -0.2) is 4.98 Å². The smallest absolute Gasteiger partial charge is 0.238 e. The zero-order chi connectivity index (χ0) is 14.4. The molecule has 0 radical (unpaired) electrons. The molecule has 1 N–H and O–H groups in total. The Hall–Kier alpha value is -1.10. The number of nitrogens with zero attached hydrogens (tertiary/aromatic N) is 1. The molecule has 1 heterocycles. The molecule has 0 amide bonds. The van der Waals surface area contributed by atoms with Crippen LogP contribution in [0.3, 0.4) is 0 Å². The van der Waals surface area contributed by atoms with Gasteiger partial charge in [0.1, 0.15) is 10.8 Å². The number of pyridine rings is 1. The molecule has 0 spiro atoms. The summed E-state index contributed by atoms with van der Waals surface area (Å²) in [6, 6.07) is 9.42. The van der Waals surface area contributed by atoms with Crippen molar-refractivity contribution in [1.29, 1.82) is 0 Å². The van der Waals surface area contributed by atoms with E-state index in [9.17, 15) is 0 Å². The molecular weight excluding hydrogens is 340 g/mol. The second kappa shape index (κ2) is 7.62. The highest BCUT2D eigenvalue weighted by Crippen LogP contribution is 2.28. The summed E-state index contributed by atoms with van der Waals surface area (Å²) >= 11 is 9.58. The third-order valence-electron chi connectivity index (χ3n) is 2.65. The van der Waals surface area contributed by atoms with Crippen LogP contribution in [0.1, 0.15) is 18.9 Å². The largest absolute Gasteiger partial charge is 0.438 e. The van der Waals surface area contributed by atoms with Crippen LogP contribution in [-0.4, -0.2) is 11.5 Å². The Labute approximate surface area is 132 Å². The maximum atomic E-state index is 6.20. The Kier molecular flexibility index (Phi) is 5.83. The summed E-state index contributed by atoms with van der Waals surface area (Å²) in [4.78, 5) is 4.27. The standard InChI is InChI=1S/C15H16BrClN2O/c1-2-7-18-9-11-8-14(17)15(19-10-11)20-13-5-3-12(16)4-6-13/h3-6,8,10,18H,2,7,9H2,1H3. The maximum Gasteiger partial charge on any atom is 0.238 e. The van der Waals surface area contributed by atoms with Crippen LogP contribution in [-0.2, 0) is 6.54 Å². The van der Waals surface area contributed by atoms with E-state index < -0.39 is 0 Å². The number of ether oxygens (including phenoxy) is 1. The Bertz CT molecular complexity index is 560. The first kappa shape index (κ1) is 15.3. The number of benzene rings is 1. The fourth-order valence-electron chi connectivity index (χ4n) is 1.66. The summed E-state index contributed by atoms with van der Waals surface area (Å²) in [7, 11) is 0. The van der Waals surface area contributed by atoms with Crippen molar-refractivity contribution in [2.24, 2.45) is 0 Å². The molecular formula is C15H16BrClN2O. The van der Waals surface area contributed by atoms with E-state index >= 15 is 0 Å². The first-order valence-corrected chi connectivity index (χ1v) is 7.64. The van der Waals surface area contributed by atoms with Crippen molar-refractivity contribution >= 4 is 27.5 Å². The summed E-state index contributed by atoms with van der Waals surface area (Å²) in [5.41, 5.74) is 1.05. The molecule has 0 saturated heterocycles. The molecule has 0 fully saturated rings. The van der Waals surface area contributed by atoms with E-state index in [-0.39, 0.29) is 0 Å². The van der Waals surface area contributed by atoms with Crippen molar-refractivity contribution < 1.29 is 4.74 Å². The molecule has 0 bridgehead atoms. The lowest BCUT2D eigenvalue weighted by Crippen LogP contribution is -2.13. The zero-order valence-electron chi connectivity index (χ0n) is 11.2. The van der Waals surface area contributed by atoms with Gasteiger partial charge in [0.25, 0.3) is 0 Å². The fraction of sp³-hybridized carbons (Fsp3) is 0.267. The van der Waals surface area contributed by atoms with Crippen molar-refractivity contribution in [3.8, 4) is 11.6 Å². The molecule has 5 heteroatoms. The van der Waals surface area contributed by atoms with Gasteiger partial charge in [0.15, 0.2) is 0 Å². The van der Waals surface area contributed by atoms with E-state index in [1.54, 1.807) is 6.20 Å². The molecule has 0 aliphatic rings. The highest BCUT2D eigenvalue weighted by molar-refractivity contribution is 9.10. The summed E-state index contributed by atoms with van der Waals surface area (Å²) in [6.07, 6.45) is 2.88. The van der Waals surface area contributed by atoms with E-state index in [0.717, 1.165) is 29.5 Å². The Morgan fingerprint density at radius 1 is 1.30 bits per heavy atom. The van der Waals surface area contributed by atoms with Crippen molar-refractivity contribution in [2.45, 2.75) is 19.9 Å². The molecule has 0 aliphatic carbocycles. The highest BCUT2D eigenvalue weighted by Gasteiger charge is 2.06. The van der Waals surface area contributed by atoms with Crippen LogP contribution in [0.15, 0.2) is 41.0 Å². The monoisotopic (exact) mass is 354 g/mol. The van der Waals surface area contributed by atoms with Gasteiger partial charge in [-0.05, 0) is 48.9 Å². The number of rotatable bonds is 6. The van der Waals surface area contributed by atoms with Crippen LogP contribution in [0.4, 0.5) is 0 Å². The summed E-state index contributed by atoms with van der Waals surface area (Å²) in [5, 5.41) is 3.83. The van der Waals surface area contributed by atoms with Crippen LogP contribution in [0.2, 0.25) is 5.02 Å². The second-order valence-electron chi connectivity index (χ2n) is 4.36. The van der Waals surface area contributed by atoms with Gasteiger partial charge in [-0.15, -0.1) is 0 Å². The fourth-order valence-corrected chi connectivity index (χ4v) is 2.15. The van der Waals surface area contributed by atoms with E-state index in [2.05, 4.69) is 33.2 Å². The Morgan fingerprint density at radius 2 is 2.05 bits per heavy atom. The van der Waals surface area contributed by atoms with Crippen LogP contribution in [0.25, 0.3) is 0 Å². The average molecular weight is 356 g/mol. The summed E-state index contributed by atoms with van der Waals surface area (Å²) in [5.74, 6) is 1.13. The third kappa shape index (κ3) is 4.47. The van der Waals surface area contributed by atoms with Crippen molar-refractivity contribution in [2.75, 3.05) is 6.54 Å². The lowest BCUT2D eigenvalue weighted by Gasteiger charge is -2.08. The van der Waals surface area contributed by atoms with E-state index in [1.807, 2.05) is 30.3 Å². The second-order valence-corrected chi connectivity index (χ2v) is 5.69. The maximum absolute atomic E-state index is 6.20. The SMILES string of the molecule is CCCNCc1cnc(Oc2ccc(Br)cc2)c(Cl)c1. The van der Waals surface area contributed by atoms with Gasteiger partial charge in [-0.1, -0.05) is 34.5 Å². The van der Waals surface area contributed by atoms with E-state index in [0.29, 0.717) is 16.7 Å². The molecule has 20 heavy (non-hydrogen) atoms. The lowest BCUT2D eigenvalue weighted by atomic mass is 10.3. The van der Waals surface area contributed by atoms with Gasteiger partial charge in [-0.3, -0.25) is 0 Å². The minimum Gasteiger partial charge on any atom is -0.438 e. The molecule has 1 aromatic carbocycles. The minimum atomic E-state index is 0.424. The van der Waals surface area contributed by atoms with Crippen LogP contribution < -0.4 is 10.1 Å². The van der Waals surface area contributed by atoms with Gasteiger partial charge >= 0.3 is 0 Å². The Morgan fingerprint density at radius 3 is 2.70 bits per heavy atom. The molecule has 2 rings (SSSR count). The van der Waals surface area contributed by atoms with Crippen molar-refractivity contribution in [3.63, 3.8) is 0 Å². The van der Waals surface area contributed by atoms with Crippen LogP contribution in [0.5, 0.6) is 11.6 Å². The number of aromatic nitrogens is 1. The van der Waals surface area contributed by atoms with Gasteiger partial charge in [0.05, 0.1) is 0 Å². The third-order valence-corrected chi connectivity index (χ3v) is 3.45. The van der Waals surface area contributed by atoms with Crippen molar-refractivity contribution in [1.82, 2.24) is 10.3 Å². The van der Waals surface area contributed by atoms with E-state index in [1.165, 1.54) is 0 Å². The normalized spacial score (nSPS) is 10.6. The molecule has 0 aliphatic heterocycles. The zero-order valence-corrected chi connectivity index (χ0v) is 13.5. The Balaban J connectivity index is 2.03. The predicted molar refractivity (Wildman–Crippen MR) is 85.5 cm³/mol. The van der Waals surface area contributed by atoms with Crippen molar-refractivity contribution in [3.05, 3.63) is 51.6 Å². The molecule has 0 unspecified atom stereocenters. The average Bonchev–Trinajstić information content (AvgIpc) is 2.44. The topological polar surface area (TPSA) is 34.2 Å². The van der Waals surface area contributed by atoms with Gasteiger partial charge < -0.3 is 10.1 Å². The van der Waals surface area contributed by atoms with Gasteiger partial charge in [0, 0.05) is 17.2 Å². The highest BCUT2D eigenvalue weighted by atomic mass is 79.9. The number of hydrogen-bond donors (Lipinski definition) is 1. The minimum absolute atomic E-state index is 0.424. The number of nitrogens with one attached hydrogen (secondary N) is 1. The molecule has 2 aromatic rings. The first-order chi connectivity index (χ1) is 9.69. The molecule has 0 atom stereocenters. The molecule has 0 saturated carbocycles. The van der Waals surface area contributed by atoms with Gasteiger partial charge in [0.2, 0.25) is 5.88 Å². The van der Waals surface area contributed by atoms with Gasteiger partial charge in [-0.2, -0.15) is 0 Å². The molecule has 3 nitrogen and oxygen atoms in total. The summed E-state index contributed by atoms with van der Waals surface area (Å²) < 4.78 is 6.66. The predicted octanol–water partition coefficient (Wildman–Crippen LogP) is 4.79. The lowest BCUT2D eigenvalue weighted by molar-refractivity contribution is 0.462. The van der Waals surface area contributed by atoms with E-state index in [4.69, 9.17) is 16.3 Å². The number of hydrogen-bond acceptors (Lipinski definition) is 3. The molecule has 1 aromatic heterocycles. The van der Waals surface area contributed by atoms with Crippen LogP contribution >= 0.6 is 27.5 Å².